The van der Waals surface area contributed by atoms with Crippen molar-refractivity contribution in [3.05, 3.63) is 32.6 Å². The molecule has 2 rings (SSSR count). The van der Waals surface area contributed by atoms with Crippen molar-refractivity contribution >= 4 is 0 Å². The first-order valence-electron chi connectivity index (χ1n) is 6.42. The van der Waals surface area contributed by atoms with Gasteiger partial charge in [-0.15, -0.1) is 0 Å². The van der Waals surface area contributed by atoms with Crippen LogP contribution < -0.4 is 11.2 Å². The molecule has 0 aromatic carbocycles. The number of ether oxygens (including phenoxy) is 1. The maximum absolute atomic E-state index is 14.0. The molecule has 20 heavy (non-hydrogen) atoms. The quantitative estimate of drug-likeness (QED) is 0.664. The van der Waals surface area contributed by atoms with Crippen LogP contribution in [0.15, 0.2) is 15.8 Å². The Morgan fingerprint density at radius 1 is 1.50 bits per heavy atom. The van der Waals surface area contributed by atoms with Crippen molar-refractivity contribution in [2.45, 2.75) is 44.4 Å². The standard InChI is InChI=1S/C12H17FN2O5/c1-2-3-6-4-15(12(19)14-10(6)18)11-8(13)9(17)7(5-16)20-11/h4,7-9,11,16-17H,2-3,5H2,1H3,(H,14,18,19)/t7-,8+,9?,11-/m1/s1. The van der Waals surface area contributed by atoms with E-state index in [0.29, 0.717) is 18.4 Å². The highest BCUT2D eigenvalue weighted by molar-refractivity contribution is 5.06. The topological polar surface area (TPSA) is 105 Å². The van der Waals surface area contributed by atoms with Gasteiger partial charge in [-0.05, 0) is 6.42 Å². The second-order valence-electron chi connectivity index (χ2n) is 4.75. The molecular weight excluding hydrogens is 271 g/mol. The van der Waals surface area contributed by atoms with Gasteiger partial charge in [-0.25, -0.2) is 9.18 Å². The van der Waals surface area contributed by atoms with Gasteiger partial charge in [0.25, 0.3) is 5.56 Å². The van der Waals surface area contributed by atoms with Crippen LogP contribution in [0.4, 0.5) is 4.39 Å². The summed E-state index contributed by atoms with van der Waals surface area (Å²) in [6.07, 6.45) is -3.46. The van der Waals surface area contributed by atoms with Crippen LogP contribution in [-0.4, -0.2) is 44.8 Å². The van der Waals surface area contributed by atoms with Crippen LogP contribution in [0, 0.1) is 0 Å². The molecule has 2 heterocycles. The first-order chi connectivity index (χ1) is 9.49. The van der Waals surface area contributed by atoms with Crippen LogP contribution in [0.25, 0.3) is 0 Å². The highest BCUT2D eigenvalue weighted by atomic mass is 19.1. The third-order valence-corrected chi connectivity index (χ3v) is 3.31. The smallest absolute Gasteiger partial charge is 0.330 e. The lowest BCUT2D eigenvalue weighted by Gasteiger charge is -2.16. The molecule has 0 saturated carbocycles. The lowest BCUT2D eigenvalue weighted by Crippen LogP contribution is -2.37. The number of nitrogens with zero attached hydrogens (tertiary/aromatic N) is 1. The molecule has 3 N–H and O–H groups in total. The third kappa shape index (κ3) is 2.54. The zero-order chi connectivity index (χ0) is 14.9. The van der Waals surface area contributed by atoms with Gasteiger partial charge >= 0.3 is 5.69 Å². The van der Waals surface area contributed by atoms with E-state index in [4.69, 9.17) is 9.84 Å². The summed E-state index contributed by atoms with van der Waals surface area (Å²) < 4.78 is 20.0. The van der Waals surface area contributed by atoms with Crippen LogP contribution in [0.5, 0.6) is 0 Å². The molecule has 1 aromatic rings. The van der Waals surface area contributed by atoms with Gasteiger partial charge in [-0.2, -0.15) is 0 Å². The molecule has 0 bridgehead atoms. The van der Waals surface area contributed by atoms with Crippen molar-refractivity contribution in [3.63, 3.8) is 0 Å². The molecule has 1 unspecified atom stereocenters. The highest BCUT2D eigenvalue weighted by Crippen LogP contribution is 2.30. The molecule has 1 aliphatic heterocycles. The van der Waals surface area contributed by atoms with E-state index in [1.165, 1.54) is 6.20 Å². The summed E-state index contributed by atoms with van der Waals surface area (Å²) in [5.74, 6) is 0. The molecule has 0 radical (unpaired) electrons. The van der Waals surface area contributed by atoms with Crippen molar-refractivity contribution in [1.82, 2.24) is 9.55 Å². The third-order valence-electron chi connectivity index (χ3n) is 3.31. The number of hydrogen-bond acceptors (Lipinski definition) is 5. The van der Waals surface area contributed by atoms with E-state index in [2.05, 4.69) is 4.98 Å². The van der Waals surface area contributed by atoms with Crippen molar-refractivity contribution in [1.29, 1.82) is 0 Å². The molecule has 1 aromatic heterocycles. The summed E-state index contributed by atoms with van der Waals surface area (Å²) >= 11 is 0. The van der Waals surface area contributed by atoms with Gasteiger partial charge in [0, 0.05) is 11.8 Å². The van der Waals surface area contributed by atoms with Crippen molar-refractivity contribution in [2.24, 2.45) is 0 Å². The number of hydrogen-bond donors (Lipinski definition) is 3. The number of aliphatic hydroxyl groups is 2. The summed E-state index contributed by atoms with van der Waals surface area (Å²) in [5, 5.41) is 18.5. The predicted octanol–water partition coefficient (Wildman–Crippen LogP) is -0.922. The summed E-state index contributed by atoms with van der Waals surface area (Å²) in [6, 6.07) is 0. The van der Waals surface area contributed by atoms with Crippen LogP contribution in [0.3, 0.4) is 0 Å². The monoisotopic (exact) mass is 288 g/mol. The summed E-state index contributed by atoms with van der Waals surface area (Å²) in [7, 11) is 0. The molecule has 1 fully saturated rings. The molecule has 7 nitrogen and oxygen atoms in total. The Morgan fingerprint density at radius 3 is 2.75 bits per heavy atom. The van der Waals surface area contributed by atoms with Crippen LogP contribution in [0.2, 0.25) is 0 Å². The van der Waals surface area contributed by atoms with Gasteiger partial charge in [0.15, 0.2) is 12.4 Å². The Hall–Kier alpha value is -1.51. The lowest BCUT2D eigenvalue weighted by molar-refractivity contribution is -0.0492. The van der Waals surface area contributed by atoms with E-state index in [9.17, 15) is 19.1 Å². The molecule has 1 aliphatic rings. The molecular formula is C12H17FN2O5. The molecule has 112 valence electrons. The minimum Gasteiger partial charge on any atom is -0.394 e. The van der Waals surface area contributed by atoms with Gasteiger partial charge in [0.05, 0.1) is 6.61 Å². The second-order valence-corrected chi connectivity index (χ2v) is 4.75. The first kappa shape index (κ1) is 14.9. The molecule has 0 aliphatic carbocycles. The fourth-order valence-corrected chi connectivity index (χ4v) is 2.24. The average Bonchev–Trinajstić information content (AvgIpc) is 2.70. The van der Waals surface area contributed by atoms with Crippen LogP contribution >= 0.6 is 0 Å². The number of alkyl halides is 1. The zero-order valence-corrected chi connectivity index (χ0v) is 11.0. The molecule has 1 saturated heterocycles. The number of nitrogens with one attached hydrogen (secondary N) is 1. The van der Waals surface area contributed by atoms with Gasteiger partial charge in [0.1, 0.15) is 12.2 Å². The van der Waals surface area contributed by atoms with E-state index in [0.717, 1.165) is 4.57 Å². The maximum Gasteiger partial charge on any atom is 0.330 e. The normalized spacial score (nSPS) is 29.8. The summed E-state index contributed by atoms with van der Waals surface area (Å²) in [6.45, 7) is 1.31. The van der Waals surface area contributed by atoms with Gasteiger partial charge < -0.3 is 14.9 Å². The van der Waals surface area contributed by atoms with E-state index in [-0.39, 0.29) is 0 Å². The van der Waals surface area contributed by atoms with E-state index in [1.807, 2.05) is 6.92 Å². The van der Waals surface area contributed by atoms with E-state index < -0.39 is 42.5 Å². The van der Waals surface area contributed by atoms with Gasteiger partial charge in [-0.3, -0.25) is 14.3 Å². The number of halogens is 1. The number of H-pyrrole nitrogens is 1. The molecule has 0 amide bonds. The second kappa shape index (κ2) is 5.86. The Kier molecular flexibility index (Phi) is 4.36. The maximum atomic E-state index is 14.0. The number of aliphatic hydroxyl groups excluding tert-OH is 2. The van der Waals surface area contributed by atoms with Crippen LogP contribution in [-0.2, 0) is 11.2 Å². The number of aromatic nitrogens is 2. The number of rotatable bonds is 4. The van der Waals surface area contributed by atoms with Crippen molar-refractivity contribution in [3.8, 4) is 0 Å². The predicted molar refractivity (Wildman–Crippen MR) is 67.2 cm³/mol. The van der Waals surface area contributed by atoms with E-state index >= 15 is 0 Å². The van der Waals surface area contributed by atoms with Gasteiger partial charge in [0.2, 0.25) is 0 Å². The minimum absolute atomic E-state index is 0.338. The Balaban J connectivity index is 2.40. The van der Waals surface area contributed by atoms with Crippen molar-refractivity contribution < 1.29 is 19.3 Å². The Bertz CT molecular complexity index is 584. The van der Waals surface area contributed by atoms with Crippen molar-refractivity contribution in [2.75, 3.05) is 6.61 Å². The average molecular weight is 288 g/mol. The lowest BCUT2D eigenvalue weighted by atomic mass is 10.1. The zero-order valence-electron chi connectivity index (χ0n) is 11.0. The van der Waals surface area contributed by atoms with Gasteiger partial charge in [-0.1, -0.05) is 13.3 Å². The molecule has 8 heteroatoms. The largest absolute Gasteiger partial charge is 0.394 e. The first-order valence-corrected chi connectivity index (χ1v) is 6.42. The molecule has 4 atom stereocenters. The number of aromatic amines is 1. The SMILES string of the molecule is CCCc1cn([C@@H]2O[C@H](CO)C(O)[C@@H]2F)c(=O)[nH]c1=O. The molecule has 0 spiro atoms. The van der Waals surface area contributed by atoms with E-state index in [1.54, 1.807) is 0 Å². The minimum atomic E-state index is -1.86. The highest BCUT2D eigenvalue weighted by Gasteiger charge is 2.45. The number of aryl methyl sites for hydroxylation is 1. The summed E-state index contributed by atoms with van der Waals surface area (Å²) in [4.78, 5) is 25.4. The Morgan fingerprint density at radius 2 is 2.20 bits per heavy atom. The fraction of sp³-hybridized carbons (Fsp3) is 0.667. The Labute approximate surface area is 113 Å². The van der Waals surface area contributed by atoms with Crippen LogP contribution in [0.1, 0.15) is 25.1 Å². The summed E-state index contributed by atoms with van der Waals surface area (Å²) in [5.41, 5.74) is -0.987. The fourth-order valence-electron chi connectivity index (χ4n) is 2.24.